The lowest BCUT2D eigenvalue weighted by atomic mass is 10.1. The molecule has 0 saturated heterocycles. The van der Waals surface area contributed by atoms with Crippen LogP contribution in [0.4, 0.5) is 0 Å². The predicted molar refractivity (Wildman–Crippen MR) is 47.7 cm³/mol. The van der Waals surface area contributed by atoms with Crippen molar-refractivity contribution >= 4 is 5.97 Å². The lowest BCUT2D eigenvalue weighted by molar-refractivity contribution is -0.141. The van der Waals surface area contributed by atoms with Crippen LogP contribution in [-0.2, 0) is 9.53 Å². The molecule has 0 radical (unpaired) electrons. The smallest absolute Gasteiger partial charge is 0.331 e. The summed E-state index contributed by atoms with van der Waals surface area (Å²) < 4.78 is 5.13. The SMILES string of the molecule is C=C(C)C1CCC(C)=CC(=O)O1. The van der Waals surface area contributed by atoms with E-state index in [-0.39, 0.29) is 12.1 Å². The van der Waals surface area contributed by atoms with E-state index < -0.39 is 0 Å². The van der Waals surface area contributed by atoms with Crippen molar-refractivity contribution in [2.45, 2.75) is 32.8 Å². The zero-order chi connectivity index (χ0) is 9.14. The number of allylic oxidation sites excluding steroid dienone is 1. The molecule has 1 unspecified atom stereocenters. The molecule has 0 fully saturated rings. The second kappa shape index (κ2) is 3.57. The van der Waals surface area contributed by atoms with Gasteiger partial charge in [0.1, 0.15) is 6.10 Å². The summed E-state index contributed by atoms with van der Waals surface area (Å²) in [5.74, 6) is -0.238. The normalized spacial score (nSPS) is 24.0. The molecule has 0 aromatic rings. The number of carbonyl (C=O) groups is 1. The van der Waals surface area contributed by atoms with E-state index in [9.17, 15) is 4.79 Å². The molecule has 1 atom stereocenters. The van der Waals surface area contributed by atoms with E-state index in [0.29, 0.717) is 0 Å². The van der Waals surface area contributed by atoms with Crippen LogP contribution in [0.5, 0.6) is 0 Å². The van der Waals surface area contributed by atoms with Gasteiger partial charge in [-0.05, 0) is 32.3 Å². The Morgan fingerprint density at radius 2 is 2.42 bits per heavy atom. The van der Waals surface area contributed by atoms with Crippen molar-refractivity contribution in [3.05, 3.63) is 23.8 Å². The summed E-state index contributed by atoms with van der Waals surface area (Å²) in [7, 11) is 0. The van der Waals surface area contributed by atoms with Gasteiger partial charge in [-0.1, -0.05) is 12.2 Å². The van der Waals surface area contributed by atoms with Gasteiger partial charge in [0.2, 0.25) is 0 Å². The molecule has 0 bridgehead atoms. The predicted octanol–water partition coefficient (Wildman–Crippen LogP) is 2.21. The molecule has 2 heteroatoms. The minimum Gasteiger partial charge on any atom is -0.455 e. The van der Waals surface area contributed by atoms with E-state index in [4.69, 9.17) is 4.74 Å². The zero-order valence-electron chi connectivity index (χ0n) is 7.59. The molecule has 1 rings (SSSR count). The third-order valence-electron chi connectivity index (χ3n) is 1.97. The zero-order valence-corrected chi connectivity index (χ0v) is 7.59. The Balaban J connectivity index is 2.68. The van der Waals surface area contributed by atoms with Crippen LogP contribution in [0.25, 0.3) is 0 Å². The summed E-state index contributed by atoms with van der Waals surface area (Å²) in [6.07, 6.45) is 3.25. The molecule has 0 saturated carbocycles. The number of esters is 1. The topological polar surface area (TPSA) is 26.3 Å². The van der Waals surface area contributed by atoms with Gasteiger partial charge in [0.05, 0.1) is 0 Å². The third kappa shape index (κ3) is 2.22. The third-order valence-corrected chi connectivity index (χ3v) is 1.97. The molecule has 12 heavy (non-hydrogen) atoms. The van der Waals surface area contributed by atoms with Gasteiger partial charge in [0, 0.05) is 6.08 Å². The first-order valence-corrected chi connectivity index (χ1v) is 4.13. The van der Waals surface area contributed by atoms with E-state index in [1.165, 1.54) is 0 Å². The molecule has 1 aliphatic rings. The maximum absolute atomic E-state index is 11.1. The standard InChI is InChI=1S/C10H14O2/c1-7(2)9-5-4-8(3)6-10(11)12-9/h6,9H,1,4-5H2,2-3H3. The molecular formula is C10H14O2. The van der Waals surface area contributed by atoms with Gasteiger partial charge in [-0.3, -0.25) is 0 Å². The van der Waals surface area contributed by atoms with Crippen molar-refractivity contribution < 1.29 is 9.53 Å². The van der Waals surface area contributed by atoms with Crippen LogP contribution in [0.15, 0.2) is 23.8 Å². The monoisotopic (exact) mass is 166 g/mol. The highest BCUT2D eigenvalue weighted by Crippen LogP contribution is 2.18. The summed E-state index contributed by atoms with van der Waals surface area (Å²) in [6, 6.07) is 0. The molecule has 0 N–H and O–H groups in total. The van der Waals surface area contributed by atoms with Crippen LogP contribution < -0.4 is 0 Å². The second-order valence-corrected chi connectivity index (χ2v) is 3.30. The molecule has 0 aliphatic carbocycles. The minimum atomic E-state index is -0.238. The quantitative estimate of drug-likeness (QED) is 0.441. The van der Waals surface area contributed by atoms with Gasteiger partial charge >= 0.3 is 5.97 Å². The van der Waals surface area contributed by atoms with Crippen molar-refractivity contribution in [3.63, 3.8) is 0 Å². The number of hydrogen-bond acceptors (Lipinski definition) is 2. The first kappa shape index (κ1) is 9.04. The Labute approximate surface area is 72.9 Å². The van der Waals surface area contributed by atoms with E-state index in [1.807, 2.05) is 13.8 Å². The van der Waals surface area contributed by atoms with Gasteiger partial charge in [-0.15, -0.1) is 0 Å². The maximum Gasteiger partial charge on any atom is 0.331 e. The van der Waals surface area contributed by atoms with Crippen molar-refractivity contribution in [2.75, 3.05) is 0 Å². The first-order chi connectivity index (χ1) is 5.59. The van der Waals surface area contributed by atoms with E-state index in [1.54, 1.807) is 6.08 Å². The fourth-order valence-corrected chi connectivity index (χ4v) is 1.21. The van der Waals surface area contributed by atoms with Crippen LogP contribution in [0.2, 0.25) is 0 Å². The van der Waals surface area contributed by atoms with Crippen LogP contribution in [0.1, 0.15) is 26.7 Å². The average Bonchev–Trinajstić information content (AvgIpc) is 2.11. The molecule has 0 aromatic heterocycles. The van der Waals surface area contributed by atoms with Crippen molar-refractivity contribution in [1.29, 1.82) is 0 Å². The maximum atomic E-state index is 11.1. The molecular weight excluding hydrogens is 152 g/mol. The average molecular weight is 166 g/mol. The van der Waals surface area contributed by atoms with Crippen molar-refractivity contribution in [1.82, 2.24) is 0 Å². The van der Waals surface area contributed by atoms with Gasteiger partial charge in [0.25, 0.3) is 0 Å². The van der Waals surface area contributed by atoms with Gasteiger partial charge in [-0.2, -0.15) is 0 Å². The summed E-state index contributed by atoms with van der Waals surface area (Å²) in [4.78, 5) is 11.1. The largest absolute Gasteiger partial charge is 0.455 e. The Morgan fingerprint density at radius 1 is 1.75 bits per heavy atom. The molecule has 66 valence electrons. The van der Waals surface area contributed by atoms with E-state index in [0.717, 1.165) is 24.0 Å². The molecule has 0 spiro atoms. The summed E-state index contributed by atoms with van der Waals surface area (Å²) in [6.45, 7) is 7.61. The molecule has 0 aromatic carbocycles. The lowest BCUT2D eigenvalue weighted by Crippen LogP contribution is -2.15. The number of carbonyl (C=O) groups excluding carboxylic acids is 1. The highest BCUT2D eigenvalue weighted by Gasteiger charge is 2.17. The van der Waals surface area contributed by atoms with Crippen LogP contribution in [0, 0.1) is 0 Å². The molecule has 1 heterocycles. The Hall–Kier alpha value is -1.05. The van der Waals surface area contributed by atoms with Gasteiger partial charge in [-0.25, -0.2) is 4.79 Å². The van der Waals surface area contributed by atoms with Crippen LogP contribution in [-0.4, -0.2) is 12.1 Å². The number of hydrogen-bond donors (Lipinski definition) is 0. The fraction of sp³-hybridized carbons (Fsp3) is 0.500. The van der Waals surface area contributed by atoms with Crippen LogP contribution >= 0.6 is 0 Å². The van der Waals surface area contributed by atoms with Gasteiger partial charge < -0.3 is 4.74 Å². The Kier molecular flexibility index (Phi) is 2.69. The minimum absolute atomic E-state index is 0.0915. The Bertz CT molecular complexity index is 238. The lowest BCUT2D eigenvalue weighted by Gasteiger charge is -2.13. The number of cyclic esters (lactones) is 1. The van der Waals surface area contributed by atoms with Crippen molar-refractivity contribution in [3.8, 4) is 0 Å². The molecule has 1 aliphatic heterocycles. The Morgan fingerprint density at radius 3 is 3.00 bits per heavy atom. The van der Waals surface area contributed by atoms with Crippen molar-refractivity contribution in [2.24, 2.45) is 0 Å². The van der Waals surface area contributed by atoms with Crippen LogP contribution in [0.3, 0.4) is 0 Å². The second-order valence-electron chi connectivity index (χ2n) is 3.30. The van der Waals surface area contributed by atoms with E-state index >= 15 is 0 Å². The number of ether oxygens (including phenoxy) is 1. The summed E-state index contributed by atoms with van der Waals surface area (Å²) >= 11 is 0. The first-order valence-electron chi connectivity index (χ1n) is 4.13. The molecule has 0 amide bonds. The molecule has 2 nitrogen and oxygen atoms in total. The highest BCUT2D eigenvalue weighted by atomic mass is 16.5. The van der Waals surface area contributed by atoms with Gasteiger partial charge in [0.15, 0.2) is 0 Å². The summed E-state index contributed by atoms with van der Waals surface area (Å²) in [5, 5.41) is 0. The fourth-order valence-electron chi connectivity index (χ4n) is 1.21. The van der Waals surface area contributed by atoms with E-state index in [2.05, 4.69) is 6.58 Å². The highest BCUT2D eigenvalue weighted by molar-refractivity contribution is 5.83. The summed E-state index contributed by atoms with van der Waals surface area (Å²) in [5.41, 5.74) is 2.01. The number of rotatable bonds is 1.